The molecule has 180 valence electrons. The number of carbonyl (C=O) groups excluding carboxylic acids is 2. The number of rotatable bonds is 7. The molecule has 3 aromatic heterocycles. The first-order chi connectivity index (χ1) is 16.5. The van der Waals surface area contributed by atoms with Crippen LogP contribution in [0.4, 0.5) is 0 Å². The number of fused-ring (bicyclic) bond motifs is 3. The predicted octanol–water partition coefficient (Wildman–Crippen LogP) is 2.39. The number of amides is 2. The summed E-state index contributed by atoms with van der Waals surface area (Å²) in [6, 6.07) is 3.59. The van der Waals surface area contributed by atoms with Crippen LogP contribution in [0.25, 0.3) is 10.2 Å². The molecule has 34 heavy (non-hydrogen) atoms. The van der Waals surface area contributed by atoms with Crippen LogP contribution in [0.5, 0.6) is 0 Å². The Morgan fingerprint density at radius 1 is 1.38 bits per heavy atom. The lowest BCUT2D eigenvalue weighted by atomic mass is 10.1. The molecule has 2 aliphatic rings. The fourth-order valence-corrected chi connectivity index (χ4v) is 6.45. The van der Waals surface area contributed by atoms with E-state index in [0.29, 0.717) is 47.2 Å². The minimum atomic E-state index is -0.141. The highest BCUT2D eigenvalue weighted by atomic mass is 32.2. The molecule has 9 nitrogen and oxygen atoms in total. The van der Waals surface area contributed by atoms with E-state index < -0.39 is 0 Å². The second kappa shape index (κ2) is 9.93. The Labute approximate surface area is 204 Å². The van der Waals surface area contributed by atoms with Crippen molar-refractivity contribution in [3.8, 4) is 0 Å². The Kier molecular flexibility index (Phi) is 6.75. The van der Waals surface area contributed by atoms with E-state index in [1.54, 1.807) is 28.7 Å². The highest BCUT2D eigenvalue weighted by molar-refractivity contribution is 7.99. The molecular formula is C23H26N4O5S2. The van der Waals surface area contributed by atoms with E-state index >= 15 is 0 Å². The molecule has 11 heteroatoms. The maximum Gasteiger partial charge on any atom is 0.263 e. The van der Waals surface area contributed by atoms with Crippen molar-refractivity contribution >= 4 is 45.1 Å². The van der Waals surface area contributed by atoms with Gasteiger partial charge >= 0.3 is 0 Å². The summed E-state index contributed by atoms with van der Waals surface area (Å²) in [6.45, 7) is 4.12. The number of thioether (sulfide) groups is 1. The fourth-order valence-electron chi connectivity index (χ4n) is 4.35. The molecule has 0 saturated carbocycles. The lowest BCUT2D eigenvalue weighted by molar-refractivity contribution is -0.129. The van der Waals surface area contributed by atoms with Gasteiger partial charge in [-0.15, -0.1) is 11.3 Å². The van der Waals surface area contributed by atoms with Gasteiger partial charge < -0.3 is 19.4 Å². The average Bonchev–Trinajstić information content (AvgIpc) is 3.58. The van der Waals surface area contributed by atoms with E-state index in [2.05, 4.69) is 5.32 Å². The monoisotopic (exact) mass is 502 g/mol. The van der Waals surface area contributed by atoms with Crippen LogP contribution >= 0.6 is 23.1 Å². The molecule has 1 saturated heterocycles. The van der Waals surface area contributed by atoms with E-state index in [9.17, 15) is 14.4 Å². The van der Waals surface area contributed by atoms with Gasteiger partial charge in [-0.2, -0.15) is 0 Å². The highest BCUT2D eigenvalue weighted by Gasteiger charge is 2.26. The number of hydrogen-bond donors (Lipinski definition) is 1. The summed E-state index contributed by atoms with van der Waals surface area (Å²) in [6.07, 6.45) is 4.25. The predicted molar refractivity (Wildman–Crippen MR) is 129 cm³/mol. The van der Waals surface area contributed by atoms with Crippen LogP contribution in [0.15, 0.2) is 32.8 Å². The topological polar surface area (TPSA) is 107 Å². The van der Waals surface area contributed by atoms with Crippen molar-refractivity contribution in [1.29, 1.82) is 0 Å². The summed E-state index contributed by atoms with van der Waals surface area (Å²) in [7, 11) is 0. The van der Waals surface area contributed by atoms with Crippen LogP contribution < -0.4 is 10.9 Å². The summed E-state index contributed by atoms with van der Waals surface area (Å²) in [5, 5.41) is 4.00. The molecule has 2 amide bonds. The Bertz CT molecular complexity index is 1260. The SMILES string of the molecule is CC(=O)N1CCc2c(sc3nc(SCC(=O)NC[C@@H]4CCCO4)n(Cc4ccco4)c(=O)c23)C1. The first-order valence-corrected chi connectivity index (χ1v) is 13.1. The first kappa shape index (κ1) is 23.1. The third-order valence-corrected chi connectivity index (χ3v) is 8.24. The smallest absolute Gasteiger partial charge is 0.263 e. The van der Waals surface area contributed by atoms with Crippen LogP contribution in [-0.2, 0) is 33.8 Å². The van der Waals surface area contributed by atoms with Crippen LogP contribution in [0.3, 0.4) is 0 Å². The molecule has 0 radical (unpaired) electrons. The van der Waals surface area contributed by atoms with E-state index in [1.807, 2.05) is 6.07 Å². The zero-order valence-corrected chi connectivity index (χ0v) is 20.5. The van der Waals surface area contributed by atoms with E-state index in [0.717, 1.165) is 29.9 Å². The molecule has 5 rings (SSSR count). The van der Waals surface area contributed by atoms with Crippen molar-refractivity contribution in [2.45, 2.75) is 50.5 Å². The number of aromatic nitrogens is 2. The number of furan rings is 1. The average molecular weight is 503 g/mol. The van der Waals surface area contributed by atoms with Crippen molar-refractivity contribution in [2.24, 2.45) is 0 Å². The van der Waals surface area contributed by atoms with Gasteiger partial charge in [0.1, 0.15) is 10.6 Å². The Morgan fingerprint density at radius 3 is 3.00 bits per heavy atom. The summed E-state index contributed by atoms with van der Waals surface area (Å²) in [5.74, 6) is 0.685. The molecule has 0 unspecified atom stereocenters. The second-order valence-corrected chi connectivity index (χ2v) is 10.5. The van der Waals surface area contributed by atoms with Gasteiger partial charge in [0.15, 0.2) is 5.16 Å². The third-order valence-electron chi connectivity index (χ3n) is 6.15. The minimum absolute atomic E-state index is 0.0246. The largest absolute Gasteiger partial charge is 0.467 e. The quantitative estimate of drug-likeness (QED) is 0.391. The number of hydrogen-bond acceptors (Lipinski definition) is 8. The Morgan fingerprint density at radius 2 is 2.26 bits per heavy atom. The molecule has 0 aromatic carbocycles. The molecule has 1 atom stereocenters. The van der Waals surface area contributed by atoms with Gasteiger partial charge in [-0.1, -0.05) is 11.8 Å². The normalized spacial score (nSPS) is 17.8. The minimum Gasteiger partial charge on any atom is -0.467 e. The van der Waals surface area contributed by atoms with Crippen molar-refractivity contribution in [3.63, 3.8) is 0 Å². The van der Waals surface area contributed by atoms with Gasteiger partial charge in [-0.05, 0) is 37.0 Å². The van der Waals surface area contributed by atoms with Crippen LogP contribution in [0, 0.1) is 0 Å². The molecule has 2 aliphatic heterocycles. The summed E-state index contributed by atoms with van der Waals surface area (Å²) in [4.78, 5) is 46.2. The fraction of sp³-hybridized carbons (Fsp3) is 0.478. The molecule has 3 aromatic rings. The molecule has 0 spiro atoms. The van der Waals surface area contributed by atoms with E-state index in [4.69, 9.17) is 14.1 Å². The number of carbonyl (C=O) groups is 2. The summed E-state index contributed by atoms with van der Waals surface area (Å²) < 4.78 is 12.6. The standard InChI is InChI=1S/C23H26N4O5S2/c1-14(28)26-7-6-17-18(12-26)34-21-20(17)22(30)27(11-16-5-3-9-32-16)23(25-21)33-13-19(29)24-10-15-4-2-8-31-15/h3,5,9,15H,2,4,6-8,10-13H2,1H3,(H,24,29)/t15-/m0/s1. The highest BCUT2D eigenvalue weighted by Crippen LogP contribution is 2.34. The van der Waals surface area contributed by atoms with Gasteiger partial charge in [0, 0.05) is 31.5 Å². The zero-order chi connectivity index (χ0) is 23.7. The van der Waals surface area contributed by atoms with Crippen molar-refractivity contribution in [1.82, 2.24) is 19.8 Å². The maximum absolute atomic E-state index is 13.6. The van der Waals surface area contributed by atoms with Gasteiger partial charge in [-0.25, -0.2) is 4.98 Å². The van der Waals surface area contributed by atoms with Crippen LogP contribution in [0.2, 0.25) is 0 Å². The number of thiophene rings is 1. The third kappa shape index (κ3) is 4.77. The second-order valence-electron chi connectivity index (χ2n) is 8.47. The van der Waals surface area contributed by atoms with Crippen LogP contribution in [-0.4, -0.2) is 57.8 Å². The summed E-state index contributed by atoms with van der Waals surface area (Å²) >= 11 is 2.69. The number of ether oxygens (including phenoxy) is 1. The lowest BCUT2D eigenvalue weighted by Gasteiger charge is -2.25. The Balaban J connectivity index is 1.42. The zero-order valence-electron chi connectivity index (χ0n) is 18.9. The molecular weight excluding hydrogens is 476 g/mol. The summed E-state index contributed by atoms with van der Waals surface area (Å²) in [5.41, 5.74) is 0.839. The van der Waals surface area contributed by atoms with Gasteiger partial charge in [-0.3, -0.25) is 19.0 Å². The molecule has 1 fully saturated rings. The van der Waals surface area contributed by atoms with Crippen molar-refractivity contribution in [2.75, 3.05) is 25.4 Å². The van der Waals surface area contributed by atoms with Gasteiger partial charge in [0.25, 0.3) is 5.56 Å². The molecule has 0 bridgehead atoms. The lowest BCUT2D eigenvalue weighted by Crippen LogP contribution is -2.34. The molecule has 1 N–H and O–H groups in total. The first-order valence-electron chi connectivity index (χ1n) is 11.3. The van der Waals surface area contributed by atoms with Crippen LogP contribution in [0.1, 0.15) is 36.0 Å². The number of nitrogens with one attached hydrogen (secondary N) is 1. The van der Waals surface area contributed by atoms with E-state index in [-0.39, 0.29) is 35.8 Å². The maximum atomic E-state index is 13.6. The van der Waals surface area contributed by atoms with Gasteiger partial charge in [0.05, 0.1) is 36.6 Å². The number of nitrogens with zero attached hydrogens (tertiary/aromatic N) is 3. The molecule has 0 aliphatic carbocycles. The van der Waals surface area contributed by atoms with Crippen molar-refractivity contribution < 1.29 is 18.7 Å². The van der Waals surface area contributed by atoms with Crippen molar-refractivity contribution in [3.05, 3.63) is 45.0 Å². The molecule has 5 heterocycles. The van der Waals surface area contributed by atoms with E-state index in [1.165, 1.54) is 23.1 Å². The van der Waals surface area contributed by atoms with Gasteiger partial charge in [0.2, 0.25) is 11.8 Å². The Hall–Kier alpha value is -2.63.